The third-order valence-corrected chi connectivity index (χ3v) is 6.52. The monoisotopic (exact) mass is 462 g/mol. The number of pyridine rings is 1. The van der Waals surface area contributed by atoms with Gasteiger partial charge in [-0.15, -0.1) is 0 Å². The van der Waals surface area contributed by atoms with E-state index in [1.807, 2.05) is 4.90 Å². The van der Waals surface area contributed by atoms with Crippen LogP contribution in [-0.2, 0) is 15.7 Å². The van der Waals surface area contributed by atoms with Crippen LogP contribution in [-0.4, -0.2) is 64.1 Å². The first kappa shape index (κ1) is 21.9. The number of rotatable bonds is 4. The summed E-state index contributed by atoms with van der Waals surface area (Å²) in [5, 5.41) is 2.94. The average Bonchev–Trinajstić information content (AvgIpc) is 3.42. The number of hydrogen-bond donors (Lipinski definition) is 1. The fourth-order valence-corrected chi connectivity index (χ4v) is 4.81. The van der Waals surface area contributed by atoms with E-state index < -0.39 is 11.7 Å². The van der Waals surface area contributed by atoms with E-state index in [-0.39, 0.29) is 29.8 Å². The van der Waals surface area contributed by atoms with E-state index in [9.17, 15) is 18.0 Å². The van der Waals surface area contributed by atoms with Gasteiger partial charge in [-0.05, 0) is 31.4 Å². The molecule has 3 aliphatic rings. The van der Waals surface area contributed by atoms with E-state index in [1.165, 1.54) is 0 Å². The number of aromatic nitrogens is 3. The summed E-state index contributed by atoms with van der Waals surface area (Å²) in [5.74, 6) is 1.01. The summed E-state index contributed by atoms with van der Waals surface area (Å²) in [7, 11) is 0. The minimum absolute atomic E-state index is 0.0227. The summed E-state index contributed by atoms with van der Waals surface area (Å²) < 4.78 is 45.1. The third kappa shape index (κ3) is 4.59. The highest BCUT2D eigenvalue weighted by Gasteiger charge is 2.40. The number of nitrogens with one attached hydrogen (secondary N) is 1. The second-order valence-electron chi connectivity index (χ2n) is 8.83. The second kappa shape index (κ2) is 8.44. The number of carbonyl (C=O) groups excluding carboxylic acids is 1. The normalized spacial score (nSPS) is 24.9. The van der Waals surface area contributed by atoms with Gasteiger partial charge in [0.05, 0.1) is 30.0 Å². The van der Waals surface area contributed by atoms with Gasteiger partial charge < -0.3 is 19.9 Å². The minimum atomic E-state index is -4.46. The SMILES string of the molecule is CC(=O)N1CCCC(c2cc(Nc3cc(C(F)(F)F)ccn3)nc(N3CC4CC3CO4)n2)C1. The highest BCUT2D eigenvalue weighted by Crippen LogP contribution is 2.35. The smallest absolute Gasteiger partial charge is 0.374 e. The van der Waals surface area contributed by atoms with Crippen molar-refractivity contribution in [1.82, 2.24) is 19.9 Å². The molecular weight excluding hydrogens is 437 g/mol. The van der Waals surface area contributed by atoms with Crippen LogP contribution >= 0.6 is 0 Å². The van der Waals surface area contributed by atoms with Gasteiger partial charge in [-0.25, -0.2) is 9.97 Å². The average molecular weight is 462 g/mol. The maximum atomic E-state index is 13.1. The molecule has 0 aliphatic carbocycles. The molecule has 11 heteroatoms. The van der Waals surface area contributed by atoms with Gasteiger partial charge in [0.15, 0.2) is 0 Å². The zero-order valence-electron chi connectivity index (χ0n) is 18.2. The topological polar surface area (TPSA) is 83.5 Å². The van der Waals surface area contributed by atoms with Gasteiger partial charge in [-0.1, -0.05) is 0 Å². The van der Waals surface area contributed by atoms with E-state index in [0.29, 0.717) is 31.5 Å². The van der Waals surface area contributed by atoms with Crippen LogP contribution in [0.5, 0.6) is 0 Å². The Labute approximate surface area is 189 Å². The molecule has 2 aromatic rings. The molecule has 3 atom stereocenters. The minimum Gasteiger partial charge on any atom is -0.374 e. The highest BCUT2D eigenvalue weighted by molar-refractivity contribution is 5.73. The molecule has 0 spiro atoms. The Balaban J connectivity index is 1.47. The molecule has 3 saturated heterocycles. The summed E-state index contributed by atoms with van der Waals surface area (Å²) in [5.41, 5.74) is -0.0167. The molecule has 1 N–H and O–H groups in total. The number of ether oxygens (including phenoxy) is 1. The molecule has 2 bridgehead atoms. The number of fused-ring (bicyclic) bond motifs is 2. The van der Waals surface area contributed by atoms with Gasteiger partial charge in [0.2, 0.25) is 11.9 Å². The number of halogens is 3. The Morgan fingerprint density at radius 2 is 2.06 bits per heavy atom. The van der Waals surface area contributed by atoms with E-state index in [0.717, 1.165) is 49.8 Å². The zero-order valence-corrected chi connectivity index (χ0v) is 18.2. The van der Waals surface area contributed by atoms with Crippen molar-refractivity contribution < 1.29 is 22.7 Å². The number of likely N-dealkylation sites (tertiary alicyclic amines) is 1. The van der Waals surface area contributed by atoms with Gasteiger partial charge in [0.1, 0.15) is 11.6 Å². The number of morpholine rings is 1. The number of hydrogen-bond acceptors (Lipinski definition) is 7. The molecule has 2 aromatic heterocycles. The molecule has 3 fully saturated rings. The van der Waals surface area contributed by atoms with Crippen molar-refractivity contribution in [3.8, 4) is 0 Å². The molecule has 176 valence electrons. The van der Waals surface area contributed by atoms with Crippen LogP contribution in [0.25, 0.3) is 0 Å². The second-order valence-corrected chi connectivity index (χ2v) is 8.83. The Morgan fingerprint density at radius 1 is 1.21 bits per heavy atom. The van der Waals surface area contributed by atoms with Gasteiger partial charge in [-0.2, -0.15) is 18.2 Å². The number of amides is 1. The van der Waals surface area contributed by atoms with Gasteiger partial charge in [0.25, 0.3) is 0 Å². The molecule has 8 nitrogen and oxygen atoms in total. The lowest BCUT2D eigenvalue weighted by Crippen LogP contribution is -2.39. The predicted octanol–water partition coefficient (Wildman–Crippen LogP) is 3.34. The highest BCUT2D eigenvalue weighted by atomic mass is 19.4. The summed E-state index contributed by atoms with van der Waals surface area (Å²) in [6.45, 7) is 4.12. The summed E-state index contributed by atoms with van der Waals surface area (Å²) in [6.07, 6.45) is -0.551. The molecule has 0 saturated carbocycles. The van der Waals surface area contributed by atoms with Crippen LogP contribution in [0.4, 0.5) is 30.8 Å². The number of nitrogens with zero attached hydrogens (tertiary/aromatic N) is 5. The van der Waals surface area contributed by atoms with Crippen LogP contribution in [0.3, 0.4) is 0 Å². The molecule has 3 aliphatic heterocycles. The predicted molar refractivity (Wildman–Crippen MR) is 114 cm³/mol. The van der Waals surface area contributed by atoms with Crippen molar-refractivity contribution in [3.05, 3.63) is 35.7 Å². The lowest BCUT2D eigenvalue weighted by atomic mass is 9.94. The maximum Gasteiger partial charge on any atom is 0.416 e. The first-order valence-electron chi connectivity index (χ1n) is 11.1. The van der Waals surface area contributed by atoms with Crippen LogP contribution in [0.2, 0.25) is 0 Å². The largest absolute Gasteiger partial charge is 0.416 e. The van der Waals surface area contributed by atoms with Gasteiger partial charge in [0, 0.05) is 44.7 Å². The molecule has 5 heterocycles. The van der Waals surface area contributed by atoms with Crippen LogP contribution in [0, 0.1) is 0 Å². The molecule has 3 unspecified atom stereocenters. The summed E-state index contributed by atoms with van der Waals surface area (Å²) in [6, 6.07) is 3.83. The van der Waals surface area contributed by atoms with E-state index in [2.05, 4.69) is 20.2 Å². The fraction of sp³-hybridized carbons (Fsp3) is 0.545. The first-order chi connectivity index (χ1) is 15.8. The Kier molecular flexibility index (Phi) is 5.59. The lowest BCUT2D eigenvalue weighted by Gasteiger charge is -2.33. The van der Waals surface area contributed by atoms with E-state index in [4.69, 9.17) is 9.72 Å². The van der Waals surface area contributed by atoms with Crippen molar-refractivity contribution in [2.24, 2.45) is 0 Å². The number of piperidine rings is 1. The fourth-order valence-electron chi connectivity index (χ4n) is 4.81. The standard InChI is InChI=1S/C22H25F3N6O2/c1-13(32)30-6-2-3-14(10-30)18-9-20(28-19-7-15(4-5-26-19)22(23,24)25)29-21(27-18)31-11-17-8-16(31)12-33-17/h4-5,7,9,14,16-17H,2-3,6,8,10-12H2,1H3,(H,26,27,28,29). The van der Waals surface area contributed by atoms with Gasteiger partial charge in [-0.3, -0.25) is 4.79 Å². The van der Waals surface area contributed by atoms with Crippen LogP contribution in [0.15, 0.2) is 24.4 Å². The summed E-state index contributed by atoms with van der Waals surface area (Å²) >= 11 is 0. The molecule has 33 heavy (non-hydrogen) atoms. The van der Waals surface area contributed by atoms with Gasteiger partial charge >= 0.3 is 6.18 Å². The van der Waals surface area contributed by atoms with Crippen molar-refractivity contribution in [1.29, 1.82) is 0 Å². The van der Waals surface area contributed by atoms with Crippen molar-refractivity contribution in [2.45, 2.75) is 50.4 Å². The summed E-state index contributed by atoms with van der Waals surface area (Å²) in [4.78, 5) is 29.3. The number of alkyl halides is 3. The number of carbonyl (C=O) groups is 1. The molecule has 5 rings (SSSR count). The van der Waals surface area contributed by atoms with E-state index >= 15 is 0 Å². The third-order valence-electron chi connectivity index (χ3n) is 6.52. The Bertz CT molecular complexity index is 1050. The Hall–Kier alpha value is -2.95. The quantitative estimate of drug-likeness (QED) is 0.746. The Morgan fingerprint density at radius 3 is 2.76 bits per heavy atom. The molecule has 0 aromatic carbocycles. The van der Waals surface area contributed by atoms with E-state index in [1.54, 1.807) is 13.0 Å². The van der Waals surface area contributed by atoms with Crippen LogP contribution < -0.4 is 10.2 Å². The van der Waals surface area contributed by atoms with Crippen molar-refractivity contribution in [2.75, 3.05) is 36.5 Å². The molecule has 0 radical (unpaired) electrons. The first-order valence-corrected chi connectivity index (χ1v) is 11.1. The van der Waals surface area contributed by atoms with Crippen molar-refractivity contribution in [3.63, 3.8) is 0 Å². The zero-order chi connectivity index (χ0) is 23.2. The number of anilines is 3. The van der Waals surface area contributed by atoms with Crippen molar-refractivity contribution >= 4 is 23.5 Å². The van der Waals surface area contributed by atoms with Crippen LogP contribution in [0.1, 0.15) is 43.4 Å². The molecular formula is C22H25F3N6O2. The maximum absolute atomic E-state index is 13.1. The lowest BCUT2D eigenvalue weighted by molar-refractivity contribution is -0.137. The molecule has 1 amide bonds.